The van der Waals surface area contributed by atoms with E-state index in [1.165, 1.54) is 0 Å². The number of guanidine groups is 1. The molecule has 0 aromatic carbocycles. The normalized spacial score (nSPS) is 20.4. The Kier molecular flexibility index (Phi) is 9.62. The van der Waals surface area contributed by atoms with Crippen molar-refractivity contribution < 1.29 is 9.47 Å². The molecule has 0 aliphatic carbocycles. The molecule has 2 aliphatic rings. The van der Waals surface area contributed by atoms with Crippen molar-refractivity contribution >= 4 is 41.7 Å². The minimum absolute atomic E-state index is 0. The smallest absolute Gasteiger partial charge is 0.213 e. The highest BCUT2D eigenvalue weighted by molar-refractivity contribution is 14.0. The van der Waals surface area contributed by atoms with E-state index in [0.717, 1.165) is 63.0 Å². The molecule has 3 rings (SSSR count). The number of ether oxygens (including phenoxy) is 2. The lowest BCUT2D eigenvalue weighted by molar-refractivity contribution is 0.0237. The molecule has 0 spiro atoms. The molecule has 0 bridgehead atoms. The standard InChI is InChI=1S/C20H32N4O2S.HI/c1-4-21-19(24-9-12-27-20(2,3)15-24)23-14-16-5-8-22-18(13-16)26-17-6-10-25-11-7-17;/h5,8,13,17H,4,6-7,9-12,14-15H2,1-3H3,(H,21,23);1H. The number of hydrogen-bond acceptors (Lipinski definition) is 5. The molecule has 6 nitrogen and oxygen atoms in total. The maximum Gasteiger partial charge on any atom is 0.213 e. The number of aromatic nitrogens is 1. The van der Waals surface area contributed by atoms with Gasteiger partial charge in [-0.3, -0.25) is 0 Å². The van der Waals surface area contributed by atoms with E-state index in [1.807, 2.05) is 30.1 Å². The van der Waals surface area contributed by atoms with Crippen LogP contribution in [0.4, 0.5) is 0 Å². The van der Waals surface area contributed by atoms with Gasteiger partial charge in [-0.1, -0.05) is 0 Å². The summed E-state index contributed by atoms with van der Waals surface area (Å²) in [5.74, 6) is 2.82. The molecule has 2 aliphatic heterocycles. The summed E-state index contributed by atoms with van der Waals surface area (Å²) in [5.41, 5.74) is 1.12. The van der Waals surface area contributed by atoms with Gasteiger partial charge in [0.1, 0.15) is 6.10 Å². The summed E-state index contributed by atoms with van der Waals surface area (Å²) in [6, 6.07) is 4.03. The Hall–Kier alpha value is -0.740. The average molecular weight is 520 g/mol. The number of thioether (sulfide) groups is 1. The van der Waals surface area contributed by atoms with Crippen LogP contribution in [-0.2, 0) is 11.3 Å². The highest BCUT2D eigenvalue weighted by atomic mass is 127. The van der Waals surface area contributed by atoms with Gasteiger partial charge in [0.2, 0.25) is 5.88 Å². The summed E-state index contributed by atoms with van der Waals surface area (Å²) in [7, 11) is 0. The topological polar surface area (TPSA) is 59.0 Å². The van der Waals surface area contributed by atoms with E-state index in [-0.39, 0.29) is 34.8 Å². The van der Waals surface area contributed by atoms with Gasteiger partial charge in [0.15, 0.2) is 5.96 Å². The van der Waals surface area contributed by atoms with Crippen LogP contribution in [0.25, 0.3) is 0 Å². The molecule has 0 radical (unpaired) electrons. The maximum absolute atomic E-state index is 6.03. The monoisotopic (exact) mass is 520 g/mol. The second kappa shape index (κ2) is 11.4. The number of hydrogen-bond donors (Lipinski definition) is 1. The predicted molar refractivity (Wildman–Crippen MR) is 127 cm³/mol. The van der Waals surface area contributed by atoms with E-state index in [1.54, 1.807) is 0 Å². The third-order valence-corrected chi connectivity index (χ3v) is 6.02. The molecule has 8 heteroatoms. The van der Waals surface area contributed by atoms with Crippen molar-refractivity contribution in [1.82, 2.24) is 15.2 Å². The number of nitrogens with zero attached hydrogens (tertiary/aromatic N) is 3. The first-order chi connectivity index (χ1) is 13.1. The summed E-state index contributed by atoms with van der Waals surface area (Å²) in [4.78, 5) is 11.6. The number of rotatable bonds is 5. The Morgan fingerprint density at radius 1 is 1.43 bits per heavy atom. The van der Waals surface area contributed by atoms with Crippen molar-refractivity contribution in [2.24, 2.45) is 4.99 Å². The first kappa shape index (κ1) is 23.5. The van der Waals surface area contributed by atoms with Gasteiger partial charge in [0, 0.05) is 55.2 Å². The zero-order valence-corrected chi connectivity index (χ0v) is 20.3. The van der Waals surface area contributed by atoms with Gasteiger partial charge in [0.25, 0.3) is 0 Å². The van der Waals surface area contributed by atoms with E-state index >= 15 is 0 Å². The van der Waals surface area contributed by atoms with Crippen LogP contribution in [-0.4, -0.2) is 65.3 Å². The molecular weight excluding hydrogens is 487 g/mol. The molecule has 28 heavy (non-hydrogen) atoms. The van der Waals surface area contributed by atoms with Crippen LogP contribution in [0.15, 0.2) is 23.3 Å². The first-order valence-electron chi connectivity index (χ1n) is 9.92. The zero-order chi connectivity index (χ0) is 19.1. The van der Waals surface area contributed by atoms with Gasteiger partial charge in [-0.15, -0.1) is 24.0 Å². The highest BCUT2D eigenvalue weighted by Crippen LogP contribution is 2.29. The van der Waals surface area contributed by atoms with Crippen molar-refractivity contribution in [2.75, 3.05) is 38.6 Å². The van der Waals surface area contributed by atoms with E-state index < -0.39 is 0 Å². The summed E-state index contributed by atoms with van der Waals surface area (Å²) in [6.07, 6.45) is 3.87. The quantitative estimate of drug-likeness (QED) is 0.364. The molecule has 0 saturated carbocycles. The highest BCUT2D eigenvalue weighted by Gasteiger charge is 2.28. The lowest BCUT2D eigenvalue weighted by Gasteiger charge is -2.39. The molecule has 0 atom stereocenters. The summed E-state index contributed by atoms with van der Waals surface area (Å²) in [5, 5.41) is 3.45. The SMILES string of the molecule is CCNC(=NCc1ccnc(OC2CCOCC2)c1)N1CCSC(C)(C)C1.I. The molecule has 3 heterocycles. The van der Waals surface area contributed by atoms with Gasteiger partial charge < -0.3 is 19.7 Å². The third-order valence-electron chi connectivity index (χ3n) is 4.73. The van der Waals surface area contributed by atoms with E-state index in [2.05, 4.69) is 36.0 Å². The van der Waals surface area contributed by atoms with Crippen molar-refractivity contribution in [3.05, 3.63) is 23.9 Å². The molecule has 2 fully saturated rings. The zero-order valence-electron chi connectivity index (χ0n) is 17.1. The Labute approximate surface area is 190 Å². The number of halogens is 1. The molecular formula is C20H33IN4O2S. The molecule has 1 N–H and O–H groups in total. The van der Waals surface area contributed by atoms with Crippen molar-refractivity contribution in [1.29, 1.82) is 0 Å². The Balaban J connectivity index is 0.00000280. The minimum atomic E-state index is 0. The van der Waals surface area contributed by atoms with Crippen LogP contribution < -0.4 is 10.1 Å². The van der Waals surface area contributed by atoms with Crippen molar-refractivity contribution in [2.45, 2.75) is 51.0 Å². The fraction of sp³-hybridized carbons (Fsp3) is 0.700. The average Bonchev–Trinajstić information content (AvgIpc) is 2.65. The number of pyridine rings is 1. The number of aliphatic imine (C=N–C) groups is 1. The second-order valence-electron chi connectivity index (χ2n) is 7.63. The van der Waals surface area contributed by atoms with E-state index in [0.29, 0.717) is 12.4 Å². The largest absolute Gasteiger partial charge is 0.474 e. The minimum Gasteiger partial charge on any atom is -0.474 e. The summed E-state index contributed by atoms with van der Waals surface area (Å²) >= 11 is 2.03. The fourth-order valence-electron chi connectivity index (χ4n) is 3.37. The van der Waals surface area contributed by atoms with Crippen molar-refractivity contribution in [3.8, 4) is 5.88 Å². The van der Waals surface area contributed by atoms with Gasteiger partial charge in [-0.25, -0.2) is 9.98 Å². The van der Waals surface area contributed by atoms with Crippen LogP contribution in [0, 0.1) is 0 Å². The maximum atomic E-state index is 6.03. The molecule has 1 aromatic rings. The van der Waals surface area contributed by atoms with E-state index in [4.69, 9.17) is 14.5 Å². The van der Waals surface area contributed by atoms with Gasteiger partial charge >= 0.3 is 0 Å². The Bertz CT molecular complexity index is 638. The van der Waals surface area contributed by atoms with Crippen LogP contribution in [0.3, 0.4) is 0 Å². The Morgan fingerprint density at radius 2 is 2.21 bits per heavy atom. The molecule has 0 unspecified atom stereocenters. The summed E-state index contributed by atoms with van der Waals surface area (Å²) < 4.78 is 11.7. The van der Waals surface area contributed by atoms with Gasteiger partial charge in [0.05, 0.1) is 19.8 Å². The van der Waals surface area contributed by atoms with Gasteiger partial charge in [-0.05, 0) is 32.4 Å². The van der Waals surface area contributed by atoms with Crippen LogP contribution in [0.1, 0.15) is 39.2 Å². The lowest BCUT2D eigenvalue weighted by atomic mass is 10.1. The van der Waals surface area contributed by atoms with Crippen LogP contribution in [0.2, 0.25) is 0 Å². The van der Waals surface area contributed by atoms with Crippen molar-refractivity contribution in [3.63, 3.8) is 0 Å². The molecule has 2 saturated heterocycles. The molecule has 1 aromatic heterocycles. The molecule has 0 amide bonds. The molecule has 158 valence electrons. The second-order valence-corrected chi connectivity index (χ2v) is 9.43. The predicted octanol–water partition coefficient (Wildman–Crippen LogP) is 3.55. The lowest BCUT2D eigenvalue weighted by Crippen LogP contribution is -2.50. The fourth-order valence-corrected chi connectivity index (χ4v) is 4.48. The third kappa shape index (κ3) is 7.26. The Morgan fingerprint density at radius 3 is 2.93 bits per heavy atom. The number of nitrogens with one attached hydrogen (secondary N) is 1. The summed E-state index contributed by atoms with van der Waals surface area (Å²) in [6.45, 7) is 11.8. The van der Waals surface area contributed by atoms with Crippen LogP contribution in [0.5, 0.6) is 5.88 Å². The van der Waals surface area contributed by atoms with Crippen LogP contribution >= 0.6 is 35.7 Å². The van der Waals surface area contributed by atoms with E-state index in [9.17, 15) is 0 Å². The van der Waals surface area contributed by atoms with Gasteiger partial charge in [-0.2, -0.15) is 11.8 Å². The first-order valence-corrected chi connectivity index (χ1v) is 10.9.